The normalized spacial score (nSPS) is 11.6. The number of aromatic nitrogens is 2. The van der Waals surface area contributed by atoms with Crippen LogP contribution in [0.3, 0.4) is 0 Å². The second kappa shape index (κ2) is 11.0. The highest BCUT2D eigenvalue weighted by Crippen LogP contribution is 2.29. The zero-order chi connectivity index (χ0) is 25.6. The summed E-state index contributed by atoms with van der Waals surface area (Å²) in [6.07, 6.45) is 0.324. The molecule has 0 bridgehead atoms. The predicted octanol–water partition coefficient (Wildman–Crippen LogP) is 5.35. The molecule has 0 saturated carbocycles. The van der Waals surface area contributed by atoms with Crippen molar-refractivity contribution in [3.63, 3.8) is 0 Å². The molecule has 5 aromatic rings. The van der Waals surface area contributed by atoms with Crippen LogP contribution in [-0.2, 0) is 11.2 Å². The Morgan fingerprint density at radius 2 is 1.65 bits per heavy atom. The Morgan fingerprint density at radius 3 is 2.49 bits per heavy atom. The SMILES string of the molecule is COc1cccc(-c2nnc(NC(=O)C(Cc3ccccc3)NC(=O)c3cccc4ccccc34)s2)c1. The van der Waals surface area contributed by atoms with Crippen molar-refractivity contribution in [1.82, 2.24) is 15.5 Å². The van der Waals surface area contributed by atoms with Gasteiger partial charge in [0.25, 0.3) is 5.91 Å². The van der Waals surface area contributed by atoms with Gasteiger partial charge in [0.15, 0.2) is 0 Å². The van der Waals surface area contributed by atoms with Crippen LogP contribution in [0.15, 0.2) is 97.1 Å². The molecule has 7 nitrogen and oxygen atoms in total. The number of carbonyl (C=O) groups is 2. The summed E-state index contributed by atoms with van der Waals surface area (Å²) >= 11 is 1.25. The first-order valence-corrected chi connectivity index (χ1v) is 12.5. The molecule has 0 aliphatic carbocycles. The van der Waals surface area contributed by atoms with E-state index in [2.05, 4.69) is 20.8 Å². The van der Waals surface area contributed by atoms with E-state index >= 15 is 0 Å². The van der Waals surface area contributed by atoms with Crippen LogP contribution in [0.25, 0.3) is 21.3 Å². The Kier molecular flexibility index (Phi) is 7.19. The van der Waals surface area contributed by atoms with Crippen molar-refractivity contribution in [3.05, 3.63) is 108 Å². The summed E-state index contributed by atoms with van der Waals surface area (Å²) in [7, 11) is 1.60. The third kappa shape index (κ3) is 5.65. The number of methoxy groups -OCH3 is 1. The van der Waals surface area contributed by atoms with Crippen LogP contribution in [0, 0.1) is 0 Å². The fraction of sp³-hybridized carbons (Fsp3) is 0.103. The van der Waals surface area contributed by atoms with Crippen molar-refractivity contribution in [2.24, 2.45) is 0 Å². The van der Waals surface area contributed by atoms with Crippen molar-refractivity contribution < 1.29 is 14.3 Å². The quantitative estimate of drug-likeness (QED) is 0.295. The van der Waals surface area contributed by atoms with Gasteiger partial charge in [0, 0.05) is 17.5 Å². The first kappa shape index (κ1) is 24.1. The van der Waals surface area contributed by atoms with Gasteiger partial charge in [-0.05, 0) is 34.5 Å². The van der Waals surface area contributed by atoms with E-state index < -0.39 is 6.04 Å². The first-order valence-electron chi connectivity index (χ1n) is 11.7. The molecule has 1 atom stereocenters. The number of carbonyl (C=O) groups excluding carboxylic acids is 2. The molecule has 0 radical (unpaired) electrons. The van der Waals surface area contributed by atoms with Gasteiger partial charge in [0.2, 0.25) is 11.0 Å². The number of fused-ring (bicyclic) bond motifs is 1. The molecule has 4 aromatic carbocycles. The Morgan fingerprint density at radius 1 is 0.892 bits per heavy atom. The minimum atomic E-state index is -0.821. The van der Waals surface area contributed by atoms with Crippen molar-refractivity contribution >= 4 is 39.1 Å². The van der Waals surface area contributed by atoms with Crippen LogP contribution in [0.1, 0.15) is 15.9 Å². The van der Waals surface area contributed by atoms with Gasteiger partial charge in [0.05, 0.1) is 7.11 Å². The van der Waals surface area contributed by atoms with E-state index in [9.17, 15) is 9.59 Å². The molecule has 1 heterocycles. The maximum atomic E-state index is 13.4. The molecule has 1 aromatic heterocycles. The molecule has 1 unspecified atom stereocenters. The third-order valence-electron chi connectivity index (χ3n) is 5.91. The Bertz CT molecular complexity index is 1550. The fourth-order valence-corrected chi connectivity index (χ4v) is 4.80. The lowest BCUT2D eigenvalue weighted by Gasteiger charge is -2.18. The summed E-state index contributed by atoms with van der Waals surface area (Å²) in [4.78, 5) is 26.7. The second-order valence-electron chi connectivity index (χ2n) is 8.38. The van der Waals surface area contributed by atoms with Gasteiger partial charge in [0.1, 0.15) is 16.8 Å². The standard InChI is InChI=1S/C29H24N4O3S/c1-36-22-14-7-13-21(18-22)28-32-33-29(37-28)31-27(35)25(17-19-9-3-2-4-10-19)30-26(34)24-16-8-12-20-11-5-6-15-23(20)24/h2-16,18,25H,17H2,1H3,(H,30,34)(H,31,33,35). The number of benzene rings is 4. The van der Waals surface area contributed by atoms with E-state index in [0.29, 0.717) is 27.9 Å². The number of hydrogen-bond donors (Lipinski definition) is 2. The Hall–Kier alpha value is -4.56. The highest BCUT2D eigenvalue weighted by atomic mass is 32.1. The molecule has 37 heavy (non-hydrogen) atoms. The van der Waals surface area contributed by atoms with E-state index in [-0.39, 0.29) is 11.8 Å². The zero-order valence-corrected chi connectivity index (χ0v) is 20.9. The molecule has 8 heteroatoms. The first-order chi connectivity index (χ1) is 18.1. The molecule has 0 aliphatic heterocycles. The van der Waals surface area contributed by atoms with Gasteiger partial charge < -0.3 is 10.1 Å². The number of anilines is 1. The maximum absolute atomic E-state index is 13.4. The zero-order valence-electron chi connectivity index (χ0n) is 20.0. The lowest BCUT2D eigenvalue weighted by Crippen LogP contribution is -2.45. The molecule has 2 amide bonds. The predicted molar refractivity (Wildman–Crippen MR) is 146 cm³/mol. The summed E-state index contributed by atoms with van der Waals surface area (Å²) in [6.45, 7) is 0. The average molecular weight is 509 g/mol. The minimum absolute atomic E-state index is 0.317. The van der Waals surface area contributed by atoms with Crippen LogP contribution in [0.5, 0.6) is 5.75 Å². The molecule has 5 rings (SSSR count). The summed E-state index contributed by atoms with van der Waals surface area (Å²) in [5.41, 5.74) is 2.28. The third-order valence-corrected chi connectivity index (χ3v) is 6.80. The summed E-state index contributed by atoms with van der Waals surface area (Å²) in [6, 6.07) is 29.5. The lowest BCUT2D eigenvalue weighted by atomic mass is 10.0. The number of nitrogens with one attached hydrogen (secondary N) is 2. The Balaban J connectivity index is 1.38. The fourth-order valence-electron chi connectivity index (χ4n) is 4.06. The van der Waals surface area contributed by atoms with E-state index in [1.54, 1.807) is 13.2 Å². The molecule has 2 N–H and O–H groups in total. The van der Waals surface area contributed by atoms with Crippen molar-refractivity contribution in [1.29, 1.82) is 0 Å². The molecular formula is C29H24N4O3S. The van der Waals surface area contributed by atoms with Crippen LogP contribution in [-0.4, -0.2) is 35.2 Å². The number of amides is 2. The molecular weight excluding hydrogens is 484 g/mol. The van der Waals surface area contributed by atoms with E-state index in [1.165, 1.54) is 11.3 Å². The molecule has 184 valence electrons. The monoisotopic (exact) mass is 508 g/mol. The highest BCUT2D eigenvalue weighted by Gasteiger charge is 2.24. The maximum Gasteiger partial charge on any atom is 0.252 e. The molecule has 0 saturated heterocycles. The average Bonchev–Trinajstić information content (AvgIpc) is 3.41. The van der Waals surface area contributed by atoms with Gasteiger partial charge in [-0.15, -0.1) is 10.2 Å². The van der Waals surface area contributed by atoms with Crippen molar-refractivity contribution in [3.8, 4) is 16.3 Å². The van der Waals surface area contributed by atoms with Crippen molar-refractivity contribution in [2.75, 3.05) is 12.4 Å². The van der Waals surface area contributed by atoms with E-state index in [0.717, 1.165) is 21.9 Å². The van der Waals surface area contributed by atoms with Gasteiger partial charge >= 0.3 is 0 Å². The number of nitrogens with zero attached hydrogens (tertiary/aromatic N) is 2. The summed E-state index contributed by atoms with van der Waals surface area (Å²) in [5, 5.41) is 16.9. The Labute approximate surface area is 218 Å². The summed E-state index contributed by atoms with van der Waals surface area (Å²) in [5.74, 6) is 0.0188. The minimum Gasteiger partial charge on any atom is -0.497 e. The summed E-state index contributed by atoms with van der Waals surface area (Å²) < 4.78 is 5.28. The van der Waals surface area contributed by atoms with Crippen molar-refractivity contribution in [2.45, 2.75) is 12.5 Å². The molecule has 0 aliphatic rings. The van der Waals surface area contributed by atoms with Crippen LogP contribution in [0.2, 0.25) is 0 Å². The number of hydrogen-bond acceptors (Lipinski definition) is 6. The number of rotatable bonds is 8. The molecule has 0 spiro atoms. The van der Waals surface area contributed by atoms with Gasteiger partial charge in [-0.3, -0.25) is 14.9 Å². The second-order valence-corrected chi connectivity index (χ2v) is 9.35. The number of ether oxygens (including phenoxy) is 1. The largest absolute Gasteiger partial charge is 0.497 e. The molecule has 0 fully saturated rings. The van der Waals surface area contributed by atoms with Gasteiger partial charge in [-0.1, -0.05) is 90.2 Å². The van der Waals surface area contributed by atoms with Crippen LogP contribution >= 0.6 is 11.3 Å². The van der Waals surface area contributed by atoms with E-state index in [1.807, 2.05) is 91.0 Å². The topological polar surface area (TPSA) is 93.2 Å². The lowest BCUT2D eigenvalue weighted by molar-refractivity contribution is -0.118. The smallest absolute Gasteiger partial charge is 0.252 e. The van der Waals surface area contributed by atoms with Gasteiger partial charge in [-0.2, -0.15) is 0 Å². The highest BCUT2D eigenvalue weighted by molar-refractivity contribution is 7.18. The van der Waals surface area contributed by atoms with Gasteiger partial charge in [-0.25, -0.2) is 0 Å². The van der Waals surface area contributed by atoms with E-state index in [4.69, 9.17) is 4.74 Å². The van der Waals surface area contributed by atoms with Crippen LogP contribution in [0.4, 0.5) is 5.13 Å². The van der Waals surface area contributed by atoms with Crippen LogP contribution < -0.4 is 15.4 Å².